The van der Waals surface area contributed by atoms with Gasteiger partial charge in [-0.15, -0.1) is 0 Å². The molecule has 5 heteroatoms. The topological polar surface area (TPSA) is 67.6 Å². The van der Waals surface area contributed by atoms with E-state index in [1.807, 2.05) is 18.2 Å². The van der Waals surface area contributed by atoms with Crippen LogP contribution in [-0.4, -0.2) is 38.8 Å². The Morgan fingerprint density at radius 3 is 2.62 bits per heavy atom. The molecule has 0 aliphatic carbocycles. The lowest BCUT2D eigenvalue weighted by molar-refractivity contribution is -0.118. The Labute approximate surface area is 126 Å². The van der Waals surface area contributed by atoms with Crippen LogP contribution in [0.1, 0.15) is 25.7 Å². The Morgan fingerprint density at radius 2 is 1.95 bits per heavy atom. The highest BCUT2D eigenvalue weighted by atomic mass is 16.5. The van der Waals surface area contributed by atoms with Gasteiger partial charge < -0.3 is 20.7 Å². The molecule has 1 aliphatic heterocycles. The molecule has 1 aliphatic rings. The van der Waals surface area contributed by atoms with Gasteiger partial charge in [-0.3, -0.25) is 4.79 Å². The number of carbonyl (C=O) groups excluding carboxylic acids is 1. The molecule has 0 radical (unpaired) electrons. The molecule has 1 heterocycles. The number of nitrogens with one attached hydrogen (secondary N) is 1. The predicted octanol–water partition coefficient (Wildman–Crippen LogP) is 1.98. The molecule has 0 bridgehead atoms. The lowest BCUT2D eigenvalue weighted by Crippen LogP contribution is -2.39. The Kier molecular flexibility index (Phi) is 6.02. The Balaban J connectivity index is 2.10. The average molecular weight is 291 g/mol. The van der Waals surface area contributed by atoms with Crippen LogP contribution in [-0.2, 0) is 9.53 Å². The summed E-state index contributed by atoms with van der Waals surface area (Å²) >= 11 is 0. The van der Waals surface area contributed by atoms with Gasteiger partial charge in [0.05, 0.1) is 18.0 Å². The molecule has 0 spiro atoms. The third-order valence-electron chi connectivity index (χ3n) is 3.79. The maximum absolute atomic E-state index is 12.1. The van der Waals surface area contributed by atoms with E-state index in [9.17, 15) is 4.79 Å². The monoisotopic (exact) mass is 291 g/mol. The first-order valence-corrected chi connectivity index (χ1v) is 7.61. The van der Waals surface area contributed by atoms with Gasteiger partial charge in [0.25, 0.3) is 0 Å². The van der Waals surface area contributed by atoms with E-state index in [0.717, 1.165) is 24.5 Å². The van der Waals surface area contributed by atoms with Crippen molar-refractivity contribution in [2.45, 2.75) is 31.7 Å². The Hall–Kier alpha value is -1.59. The van der Waals surface area contributed by atoms with Gasteiger partial charge in [-0.1, -0.05) is 25.0 Å². The summed E-state index contributed by atoms with van der Waals surface area (Å²) in [6.07, 6.45) is 4.96. The van der Waals surface area contributed by atoms with Crippen molar-refractivity contribution in [3.63, 3.8) is 0 Å². The van der Waals surface area contributed by atoms with E-state index in [2.05, 4.69) is 16.3 Å². The summed E-state index contributed by atoms with van der Waals surface area (Å²) in [6.45, 7) is 2.30. The summed E-state index contributed by atoms with van der Waals surface area (Å²) in [5.41, 5.74) is 7.69. The lowest BCUT2D eigenvalue weighted by atomic mass is 10.2. The second-order valence-electron chi connectivity index (χ2n) is 5.47. The summed E-state index contributed by atoms with van der Waals surface area (Å²) in [5, 5.41) is 2.93. The van der Waals surface area contributed by atoms with E-state index in [1.165, 1.54) is 32.8 Å². The number of amides is 1. The SMILES string of the molecule is COCC(N)C(=O)Nc1ccccc1N1CCCCCC1. The van der Waals surface area contributed by atoms with E-state index in [-0.39, 0.29) is 12.5 Å². The van der Waals surface area contributed by atoms with Gasteiger partial charge in [-0.2, -0.15) is 0 Å². The van der Waals surface area contributed by atoms with Gasteiger partial charge >= 0.3 is 0 Å². The van der Waals surface area contributed by atoms with Crippen molar-refractivity contribution in [1.82, 2.24) is 0 Å². The van der Waals surface area contributed by atoms with Gasteiger partial charge in [-0.25, -0.2) is 0 Å². The van der Waals surface area contributed by atoms with Crippen molar-refractivity contribution < 1.29 is 9.53 Å². The normalized spacial score (nSPS) is 17.1. The highest BCUT2D eigenvalue weighted by molar-refractivity contribution is 5.97. The molecule has 0 aromatic heterocycles. The fraction of sp³-hybridized carbons (Fsp3) is 0.562. The number of hydrogen-bond donors (Lipinski definition) is 2. The molecule has 1 saturated heterocycles. The van der Waals surface area contributed by atoms with Gasteiger partial charge in [0.2, 0.25) is 5.91 Å². The van der Waals surface area contributed by atoms with Crippen LogP contribution in [0.25, 0.3) is 0 Å². The maximum Gasteiger partial charge on any atom is 0.243 e. The highest BCUT2D eigenvalue weighted by Gasteiger charge is 2.17. The standard InChI is InChI=1S/C16H25N3O2/c1-21-12-13(17)16(20)18-14-8-4-5-9-15(14)19-10-6-2-3-7-11-19/h4-5,8-9,13H,2-3,6-7,10-12,17H2,1H3,(H,18,20). The first-order chi connectivity index (χ1) is 10.2. The molecule has 1 amide bonds. The van der Waals surface area contributed by atoms with Crippen molar-refractivity contribution in [2.75, 3.05) is 37.0 Å². The zero-order valence-corrected chi connectivity index (χ0v) is 12.7. The molecule has 1 fully saturated rings. The van der Waals surface area contributed by atoms with Gasteiger partial charge in [0, 0.05) is 20.2 Å². The van der Waals surface area contributed by atoms with Gasteiger partial charge in [0.15, 0.2) is 0 Å². The molecule has 116 valence electrons. The highest BCUT2D eigenvalue weighted by Crippen LogP contribution is 2.27. The zero-order chi connectivity index (χ0) is 15.1. The summed E-state index contributed by atoms with van der Waals surface area (Å²) < 4.78 is 4.93. The van der Waals surface area contributed by atoms with Crippen LogP contribution < -0.4 is 16.0 Å². The molecular formula is C16H25N3O2. The number of ether oxygens (including phenoxy) is 1. The van der Waals surface area contributed by atoms with Crippen molar-refractivity contribution in [3.8, 4) is 0 Å². The third-order valence-corrected chi connectivity index (χ3v) is 3.79. The first-order valence-electron chi connectivity index (χ1n) is 7.61. The Bertz CT molecular complexity index is 457. The van der Waals surface area contributed by atoms with Crippen LogP contribution in [0.2, 0.25) is 0 Å². The van der Waals surface area contributed by atoms with Crippen molar-refractivity contribution >= 4 is 17.3 Å². The molecule has 1 aromatic carbocycles. The minimum absolute atomic E-state index is 0.209. The number of methoxy groups -OCH3 is 1. The van der Waals surface area contributed by atoms with E-state index in [1.54, 1.807) is 0 Å². The molecule has 1 aromatic rings. The number of nitrogens with zero attached hydrogens (tertiary/aromatic N) is 1. The number of hydrogen-bond acceptors (Lipinski definition) is 4. The van der Waals surface area contributed by atoms with Crippen LogP contribution in [0.15, 0.2) is 24.3 Å². The number of carbonyl (C=O) groups is 1. The molecular weight excluding hydrogens is 266 g/mol. The number of rotatable bonds is 5. The minimum Gasteiger partial charge on any atom is -0.383 e. The zero-order valence-electron chi connectivity index (χ0n) is 12.7. The van der Waals surface area contributed by atoms with Crippen LogP contribution in [0.3, 0.4) is 0 Å². The van der Waals surface area contributed by atoms with E-state index in [4.69, 9.17) is 10.5 Å². The van der Waals surface area contributed by atoms with Crippen LogP contribution in [0, 0.1) is 0 Å². The Morgan fingerprint density at radius 1 is 1.29 bits per heavy atom. The number of anilines is 2. The fourth-order valence-electron chi connectivity index (χ4n) is 2.65. The molecule has 5 nitrogen and oxygen atoms in total. The second-order valence-corrected chi connectivity index (χ2v) is 5.47. The summed E-state index contributed by atoms with van der Waals surface area (Å²) in [6, 6.07) is 7.27. The molecule has 1 atom stereocenters. The predicted molar refractivity (Wildman–Crippen MR) is 85.6 cm³/mol. The quantitative estimate of drug-likeness (QED) is 0.870. The lowest BCUT2D eigenvalue weighted by Gasteiger charge is -2.26. The van der Waals surface area contributed by atoms with E-state index < -0.39 is 6.04 Å². The van der Waals surface area contributed by atoms with Gasteiger partial charge in [-0.05, 0) is 25.0 Å². The molecule has 1 unspecified atom stereocenters. The number of nitrogens with two attached hydrogens (primary N) is 1. The summed E-state index contributed by atoms with van der Waals surface area (Å²) in [4.78, 5) is 14.4. The van der Waals surface area contributed by atoms with Crippen molar-refractivity contribution in [3.05, 3.63) is 24.3 Å². The van der Waals surface area contributed by atoms with Crippen molar-refractivity contribution in [1.29, 1.82) is 0 Å². The van der Waals surface area contributed by atoms with Crippen LogP contribution >= 0.6 is 0 Å². The number of benzene rings is 1. The molecule has 2 rings (SSSR count). The summed E-state index contributed by atoms with van der Waals surface area (Å²) in [7, 11) is 1.54. The largest absolute Gasteiger partial charge is 0.383 e. The molecule has 0 saturated carbocycles. The molecule has 21 heavy (non-hydrogen) atoms. The maximum atomic E-state index is 12.1. The average Bonchev–Trinajstić information content (AvgIpc) is 2.77. The first kappa shape index (κ1) is 15.8. The smallest absolute Gasteiger partial charge is 0.243 e. The number of para-hydroxylation sites is 2. The minimum atomic E-state index is -0.646. The second kappa shape index (κ2) is 8.00. The van der Waals surface area contributed by atoms with E-state index in [0.29, 0.717) is 0 Å². The van der Waals surface area contributed by atoms with E-state index >= 15 is 0 Å². The van der Waals surface area contributed by atoms with Crippen LogP contribution in [0.5, 0.6) is 0 Å². The van der Waals surface area contributed by atoms with Crippen molar-refractivity contribution in [2.24, 2.45) is 5.73 Å². The fourth-order valence-corrected chi connectivity index (χ4v) is 2.65. The molecule has 3 N–H and O–H groups in total. The third kappa shape index (κ3) is 4.44. The summed E-state index contributed by atoms with van der Waals surface area (Å²) in [5.74, 6) is -0.209. The van der Waals surface area contributed by atoms with Crippen LogP contribution in [0.4, 0.5) is 11.4 Å². The van der Waals surface area contributed by atoms with Gasteiger partial charge in [0.1, 0.15) is 6.04 Å².